The van der Waals surface area contributed by atoms with E-state index in [1.807, 2.05) is 6.92 Å². The van der Waals surface area contributed by atoms with Crippen LogP contribution in [-0.2, 0) is 9.47 Å². The van der Waals surface area contributed by atoms with Crippen molar-refractivity contribution in [2.75, 3.05) is 6.54 Å². The van der Waals surface area contributed by atoms with Gasteiger partial charge in [0.05, 0.1) is 12.4 Å². The number of nitrogens with zero attached hydrogens (tertiary/aromatic N) is 1. The van der Waals surface area contributed by atoms with Crippen LogP contribution in [0, 0.1) is 10.1 Å². The molecule has 0 N–H and O–H groups in total. The van der Waals surface area contributed by atoms with Crippen molar-refractivity contribution in [3.63, 3.8) is 0 Å². The predicted molar refractivity (Wildman–Crippen MR) is 62.6 cm³/mol. The highest BCUT2D eigenvalue weighted by molar-refractivity contribution is 5.02. The van der Waals surface area contributed by atoms with Gasteiger partial charge in [-0.15, -0.1) is 0 Å². The van der Waals surface area contributed by atoms with Crippen molar-refractivity contribution in [1.82, 2.24) is 0 Å². The molecule has 100 valence electrons. The van der Waals surface area contributed by atoms with Crippen molar-refractivity contribution in [2.24, 2.45) is 0 Å². The summed E-state index contributed by atoms with van der Waals surface area (Å²) in [6, 6.07) is 3.37. The first-order chi connectivity index (χ1) is 8.65. The Morgan fingerprint density at radius 2 is 2.44 bits per heavy atom. The molecule has 1 fully saturated rings. The summed E-state index contributed by atoms with van der Waals surface area (Å²) in [5.74, 6) is 0.466. The average Bonchev–Trinajstić information content (AvgIpc) is 2.80. The van der Waals surface area contributed by atoms with Gasteiger partial charge in [-0.25, -0.2) is 0 Å². The third-order valence-electron chi connectivity index (χ3n) is 2.93. The topological polar surface area (TPSA) is 74.7 Å². The summed E-state index contributed by atoms with van der Waals surface area (Å²) in [5.41, 5.74) is 0. The van der Waals surface area contributed by atoms with E-state index in [4.69, 9.17) is 13.9 Å². The molecule has 1 unspecified atom stereocenters. The van der Waals surface area contributed by atoms with E-state index in [1.165, 1.54) is 6.26 Å². The molecule has 3 atom stereocenters. The number of ether oxygens (including phenoxy) is 2. The van der Waals surface area contributed by atoms with Gasteiger partial charge in [0.2, 0.25) is 6.54 Å². The van der Waals surface area contributed by atoms with Crippen LogP contribution in [0.1, 0.15) is 38.1 Å². The zero-order valence-electron chi connectivity index (χ0n) is 10.3. The molecule has 0 aromatic carbocycles. The maximum Gasteiger partial charge on any atom is 0.237 e. The molecular weight excluding hydrogens is 238 g/mol. The second kappa shape index (κ2) is 5.97. The van der Waals surface area contributed by atoms with Crippen LogP contribution in [0.4, 0.5) is 0 Å². The van der Waals surface area contributed by atoms with Crippen molar-refractivity contribution >= 4 is 0 Å². The molecule has 1 saturated heterocycles. The predicted octanol–water partition coefficient (Wildman–Crippen LogP) is 2.53. The zero-order chi connectivity index (χ0) is 13.0. The molecule has 18 heavy (non-hydrogen) atoms. The van der Waals surface area contributed by atoms with Gasteiger partial charge in [-0.2, -0.15) is 0 Å². The molecule has 1 aromatic heterocycles. The molecule has 0 bridgehead atoms. The van der Waals surface area contributed by atoms with Crippen LogP contribution in [0.25, 0.3) is 0 Å². The minimum Gasteiger partial charge on any atom is -0.466 e. The Morgan fingerprint density at radius 1 is 1.61 bits per heavy atom. The molecule has 2 rings (SSSR count). The lowest BCUT2D eigenvalue weighted by atomic mass is 10.1. The summed E-state index contributed by atoms with van der Waals surface area (Å²) in [4.78, 5) is 10.3. The number of rotatable bonds is 5. The lowest BCUT2D eigenvalue weighted by Gasteiger charge is -2.29. The van der Waals surface area contributed by atoms with Crippen molar-refractivity contribution in [3.05, 3.63) is 34.3 Å². The van der Waals surface area contributed by atoms with E-state index < -0.39 is 11.0 Å². The van der Waals surface area contributed by atoms with E-state index in [2.05, 4.69) is 0 Å². The van der Waals surface area contributed by atoms with Gasteiger partial charge < -0.3 is 13.9 Å². The Balaban J connectivity index is 1.98. The van der Waals surface area contributed by atoms with Gasteiger partial charge >= 0.3 is 0 Å². The van der Waals surface area contributed by atoms with Gasteiger partial charge in [-0.3, -0.25) is 10.1 Å². The fourth-order valence-corrected chi connectivity index (χ4v) is 2.06. The summed E-state index contributed by atoms with van der Waals surface area (Å²) in [7, 11) is 0. The maximum absolute atomic E-state index is 10.7. The van der Waals surface area contributed by atoms with E-state index in [1.54, 1.807) is 12.1 Å². The first-order valence-electron chi connectivity index (χ1n) is 6.11. The largest absolute Gasteiger partial charge is 0.466 e. The molecule has 0 spiro atoms. The second-order valence-electron chi connectivity index (χ2n) is 4.46. The van der Waals surface area contributed by atoms with Crippen molar-refractivity contribution in [3.8, 4) is 0 Å². The van der Waals surface area contributed by atoms with Gasteiger partial charge in [0, 0.05) is 4.92 Å². The smallest absolute Gasteiger partial charge is 0.237 e. The Morgan fingerprint density at radius 3 is 3.06 bits per heavy atom. The van der Waals surface area contributed by atoms with Gasteiger partial charge in [0.1, 0.15) is 5.76 Å². The molecule has 1 aromatic rings. The fourth-order valence-electron chi connectivity index (χ4n) is 2.06. The summed E-state index contributed by atoms with van der Waals surface area (Å²) in [6.07, 6.45) is 3.32. The Labute approximate surface area is 105 Å². The normalized spacial score (nSPS) is 25.8. The molecule has 6 nitrogen and oxygen atoms in total. The SMILES string of the molecule is C[C@@H]1CCCC(O[C@@H](C[N+](=O)[O-])c2ccco2)O1. The Hall–Kier alpha value is -1.40. The highest BCUT2D eigenvalue weighted by Crippen LogP contribution is 2.26. The highest BCUT2D eigenvalue weighted by Gasteiger charge is 2.28. The number of hydrogen-bond acceptors (Lipinski definition) is 5. The first kappa shape index (κ1) is 13.0. The van der Waals surface area contributed by atoms with Crippen LogP contribution in [0.15, 0.2) is 22.8 Å². The van der Waals surface area contributed by atoms with E-state index in [9.17, 15) is 10.1 Å². The molecule has 0 aliphatic carbocycles. The van der Waals surface area contributed by atoms with Crippen LogP contribution in [0.2, 0.25) is 0 Å². The van der Waals surface area contributed by atoms with E-state index in [0.717, 1.165) is 19.3 Å². The van der Waals surface area contributed by atoms with Gasteiger partial charge in [0.25, 0.3) is 0 Å². The minimum absolute atomic E-state index is 0.136. The van der Waals surface area contributed by atoms with Crippen LogP contribution < -0.4 is 0 Å². The molecule has 1 aliphatic heterocycles. The zero-order valence-corrected chi connectivity index (χ0v) is 10.3. The molecule has 1 aliphatic rings. The third-order valence-corrected chi connectivity index (χ3v) is 2.93. The van der Waals surface area contributed by atoms with Gasteiger partial charge in [0.15, 0.2) is 12.4 Å². The minimum atomic E-state index is -0.690. The van der Waals surface area contributed by atoms with Crippen molar-refractivity contribution in [1.29, 1.82) is 0 Å². The van der Waals surface area contributed by atoms with Crippen LogP contribution in [0.3, 0.4) is 0 Å². The molecule has 0 amide bonds. The van der Waals surface area contributed by atoms with Gasteiger partial charge in [-0.1, -0.05) is 0 Å². The lowest BCUT2D eigenvalue weighted by Crippen LogP contribution is -2.30. The standard InChI is InChI=1S/C12H17NO5/c1-9-4-2-6-12(17-9)18-11(8-13(14)15)10-5-3-7-16-10/h3,5,7,9,11-12H,2,4,6,8H2,1H3/t9-,11+,12?/m1/s1. The molecule has 2 heterocycles. The van der Waals surface area contributed by atoms with Gasteiger partial charge in [-0.05, 0) is 38.3 Å². The van der Waals surface area contributed by atoms with Crippen LogP contribution >= 0.6 is 0 Å². The summed E-state index contributed by atoms with van der Waals surface area (Å²) < 4.78 is 16.4. The quantitative estimate of drug-likeness (QED) is 0.597. The molecule has 6 heteroatoms. The lowest BCUT2D eigenvalue weighted by molar-refractivity contribution is -0.496. The maximum atomic E-state index is 10.7. The Bertz CT molecular complexity index is 378. The number of hydrogen-bond donors (Lipinski definition) is 0. The fraction of sp³-hybridized carbons (Fsp3) is 0.667. The van der Waals surface area contributed by atoms with E-state index in [-0.39, 0.29) is 18.9 Å². The van der Waals surface area contributed by atoms with E-state index in [0.29, 0.717) is 5.76 Å². The molecule has 0 radical (unpaired) electrons. The van der Waals surface area contributed by atoms with Crippen LogP contribution in [0.5, 0.6) is 0 Å². The number of furan rings is 1. The van der Waals surface area contributed by atoms with Crippen LogP contribution in [-0.4, -0.2) is 23.9 Å². The average molecular weight is 255 g/mol. The van der Waals surface area contributed by atoms with Crippen molar-refractivity contribution < 1.29 is 18.8 Å². The third kappa shape index (κ3) is 3.54. The second-order valence-corrected chi connectivity index (χ2v) is 4.46. The number of nitro groups is 1. The molecular formula is C12H17NO5. The van der Waals surface area contributed by atoms with E-state index >= 15 is 0 Å². The monoisotopic (exact) mass is 255 g/mol. The summed E-state index contributed by atoms with van der Waals surface area (Å²) in [6.45, 7) is 1.66. The highest BCUT2D eigenvalue weighted by atomic mass is 16.7. The first-order valence-corrected chi connectivity index (χ1v) is 6.11. The molecule has 0 saturated carbocycles. The van der Waals surface area contributed by atoms with Crippen molar-refractivity contribution in [2.45, 2.75) is 44.7 Å². The summed E-state index contributed by atoms with van der Waals surface area (Å²) in [5, 5.41) is 10.7. The summed E-state index contributed by atoms with van der Waals surface area (Å²) >= 11 is 0. The Kier molecular flexibility index (Phi) is 4.33.